The third-order valence-corrected chi connectivity index (χ3v) is 4.25. The van der Waals surface area contributed by atoms with E-state index in [1.807, 2.05) is 12.1 Å². The van der Waals surface area contributed by atoms with Crippen molar-refractivity contribution in [2.24, 2.45) is 0 Å². The molecule has 2 aromatic carbocycles. The first-order valence-corrected chi connectivity index (χ1v) is 7.93. The van der Waals surface area contributed by atoms with Crippen LogP contribution in [0, 0.1) is 13.8 Å². The molecule has 0 amide bonds. The van der Waals surface area contributed by atoms with E-state index in [2.05, 4.69) is 69.2 Å². The average Bonchev–Trinajstić information content (AvgIpc) is 2.37. The van der Waals surface area contributed by atoms with Gasteiger partial charge in [-0.2, -0.15) is 0 Å². The highest BCUT2D eigenvalue weighted by atomic mass is 79.9. The summed E-state index contributed by atoms with van der Waals surface area (Å²) in [5, 5.41) is 3.48. The average molecular weight is 399 g/mol. The van der Waals surface area contributed by atoms with Crippen LogP contribution in [0.3, 0.4) is 0 Å². The first-order valence-electron chi connectivity index (χ1n) is 6.34. The van der Waals surface area contributed by atoms with E-state index >= 15 is 0 Å². The van der Waals surface area contributed by atoms with Crippen LogP contribution in [0.4, 0.5) is 5.69 Å². The summed E-state index contributed by atoms with van der Waals surface area (Å²) in [7, 11) is 1.69. The maximum absolute atomic E-state index is 5.40. The highest BCUT2D eigenvalue weighted by Crippen LogP contribution is 2.30. The summed E-state index contributed by atoms with van der Waals surface area (Å²) >= 11 is 7.12. The highest BCUT2D eigenvalue weighted by molar-refractivity contribution is 9.10. The molecule has 106 valence electrons. The molecule has 4 heteroatoms. The van der Waals surface area contributed by atoms with Crippen LogP contribution in [0.1, 0.15) is 16.7 Å². The summed E-state index contributed by atoms with van der Waals surface area (Å²) in [5.41, 5.74) is 4.72. The van der Waals surface area contributed by atoms with Gasteiger partial charge in [-0.3, -0.25) is 0 Å². The second kappa shape index (κ2) is 6.64. The molecule has 0 saturated heterocycles. The van der Waals surface area contributed by atoms with Crippen molar-refractivity contribution in [3.63, 3.8) is 0 Å². The number of aryl methyl sites for hydroxylation is 2. The fraction of sp³-hybridized carbons (Fsp3) is 0.250. The zero-order chi connectivity index (χ0) is 14.7. The lowest BCUT2D eigenvalue weighted by Gasteiger charge is -2.15. The SMILES string of the molecule is COc1ccc(Br)cc1CNc1c(C)cc(C)cc1Br. The van der Waals surface area contributed by atoms with Gasteiger partial charge in [0.05, 0.1) is 12.8 Å². The van der Waals surface area contributed by atoms with E-state index in [0.717, 1.165) is 25.9 Å². The monoisotopic (exact) mass is 397 g/mol. The molecule has 0 heterocycles. The Morgan fingerprint density at radius 2 is 1.85 bits per heavy atom. The highest BCUT2D eigenvalue weighted by Gasteiger charge is 2.07. The zero-order valence-electron chi connectivity index (χ0n) is 11.8. The van der Waals surface area contributed by atoms with Crippen molar-refractivity contribution in [1.82, 2.24) is 0 Å². The topological polar surface area (TPSA) is 21.3 Å². The quantitative estimate of drug-likeness (QED) is 0.739. The molecular weight excluding hydrogens is 382 g/mol. The van der Waals surface area contributed by atoms with Gasteiger partial charge in [-0.25, -0.2) is 0 Å². The number of nitrogens with one attached hydrogen (secondary N) is 1. The Labute approximate surface area is 136 Å². The van der Waals surface area contributed by atoms with Crippen molar-refractivity contribution >= 4 is 37.5 Å². The normalized spacial score (nSPS) is 10.4. The Kier molecular flexibility index (Phi) is 5.11. The van der Waals surface area contributed by atoms with Crippen molar-refractivity contribution in [2.45, 2.75) is 20.4 Å². The van der Waals surface area contributed by atoms with E-state index < -0.39 is 0 Å². The minimum Gasteiger partial charge on any atom is -0.496 e. The van der Waals surface area contributed by atoms with Crippen LogP contribution in [-0.2, 0) is 6.54 Å². The maximum Gasteiger partial charge on any atom is 0.123 e. The largest absolute Gasteiger partial charge is 0.496 e. The van der Waals surface area contributed by atoms with E-state index in [4.69, 9.17) is 4.74 Å². The first kappa shape index (κ1) is 15.4. The van der Waals surface area contributed by atoms with E-state index in [9.17, 15) is 0 Å². The van der Waals surface area contributed by atoms with Crippen molar-refractivity contribution in [3.05, 3.63) is 56.0 Å². The van der Waals surface area contributed by atoms with Gasteiger partial charge in [0.15, 0.2) is 0 Å². The van der Waals surface area contributed by atoms with Gasteiger partial charge in [-0.1, -0.05) is 22.0 Å². The number of anilines is 1. The summed E-state index contributed by atoms with van der Waals surface area (Å²) in [5.74, 6) is 0.890. The second-order valence-corrected chi connectivity index (χ2v) is 6.52. The number of methoxy groups -OCH3 is 1. The third kappa shape index (κ3) is 3.55. The van der Waals surface area contributed by atoms with Crippen molar-refractivity contribution in [2.75, 3.05) is 12.4 Å². The van der Waals surface area contributed by atoms with E-state index in [1.165, 1.54) is 11.1 Å². The zero-order valence-corrected chi connectivity index (χ0v) is 14.9. The molecule has 0 aliphatic rings. The third-order valence-electron chi connectivity index (χ3n) is 3.13. The van der Waals surface area contributed by atoms with Crippen LogP contribution >= 0.6 is 31.9 Å². The summed E-state index contributed by atoms with van der Waals surface area (Å²) < 4.78 is 7.53. The van der Waals surface area contributed by atoms with Crippen LogP contribution in [0.2, 0.25) is 0 Å². The number of rotatable bonds is 4. The number of hydrogen-bond acceptors (Lipinski definition) is 2. The van der Waals surface area contributed by atoms with Gasteiger partial charge in [0, 0.05) is 21.1 Å². The van der Waals surface area contributed by atoms with Gasteiger partial charge in [-0.05, 0) is 65.2 Å². The Bertz CT molecular complexity index is 603. The van der Waals surface area contributed by atoms with E-state index in [0.29, 0.717) is 6.54 Å². The molecule has 20 heavy (non-hydrogen) atoms. The molecule has 0 aromatic heterocycles. The Morgan fingerprint density at radius 1 is 1.10 bits per heavy atom. The molecule has 2 rings (SSSR count). The number of halogens is 2. The van der Waals surface area contributed by atoms with E-state index in [1.54, 1.807) is 7.11 Å². The second-order valence-electron chi connectivity index (χ2n) is 4.75. The number of benzene rings is 2. The van der Waals surface area contributed by atoms with Gasteiger partial charge in [0.2, 0.25) is 0 Å². The standard InChI is InChI=1S/C16H17Br2NO/c1-10-6-11(2)16(14(18)7-10)19-9-12-8-13(17)4-5-15(12)20-3/h4-8,19H,9H2,1-3H3. The van der Waals surface area contributed by atoms with Gasteiger partial charge in [0.1, 0.15) is 5.75 Å². The Hall–Kier alpha value is -1.00. The molecule has 0 radical (unpaired) electrons. The maximum atomic E-state index is 5.40. The van der Waals surface area contributed by atoms with Gasteiger partial charge < -0.3 is 10.1 Å². The smallest absolute Gasteiger partial charge is 0.123 e. The van der Waals surface area contributed by atoms with Crippen LogP contribution in [0.15, 0.2) is 39.3 Å². The fourth-order valence-electron chi connectivity index (χ4n) is 2.21. The molecule has 0 bridgehead atoms. The summed E-state index contributed by atoms with van der Waals surface area (Å²) in [6.07, 6.45) is 0. The predicted molar refractivity (Wildman–Crippen MR) is 91.6 cm³/mol. The summed E-state index contributed by atoms with van der Waals surface area (Å²) in [4.78, 5) is 0. The minimum atomic E-state index is 0.713. The molecular formula is C16H17Br2NO. The Balaban J connectivity index is 2.23. The van der Waals surface area contributed by atoms with Gasteiger partial charge >= 0.3 is 0 Å². The predicted octanol–water partition coefficient (Wildman–Crippen LogP) is 5.45. The molecule has 0 unspecified atom stereocenters. The van der Waals surface area contributed by atoms with E-state index in [-0.39, 0.29) is 0 Å². The molecule has 0 aliphatic carbocycles. The van der Waals surface area contributed by atoms with Crippen LogP contribution in [0.5, 0.6) is 5.75 Å². The number of ether oxygens (including phenoxy) is 1. The Morgan fingerprint density at radius 3 is 2.50 bits per heavy atom. The van der Waals surface area contributed by atoms with Crippen molar-refractivity contribution < 1.29 is 4.74 Å². The fourth-order valence-corrected chi connectivity index (χ4v) is 3.43. The van der Waals surface area contributed by atoms with Gasteiger partial charge in [0.25, 0.3) is 0 Å². The lowest BCUT2D eigenvalue weighted by Crippen LogP contribution is -2.04. The molecule has 1 N–H and O–H groups in total. The molecule has 0 atom stereocenters. The molecule has 0 aliphatic heterocycles. The summed E-state index contributed by atoms with van der Waals surface area (Å²) in [6.45, 7) is 4.92. The first-order chi connectivity index (χ1) is 9.51. The molecule has 0 spiro atoms. The molecule has 0 fully saturated rings. The molecule has 2 nitrogen and oxygen atoms in total. The summed E-state index contributed by atoms with van der Waals surface area (Å²) in [6, 6.07) is 10.3. The van der Waals surface area contributed by atoms with Crippen LogP contribution in [-0.4, -0.2) is 7.11 Å². The molecule has 0 saturated carbocycles. The van der Waals surface area contributed by atoms with Crippen molar-refractivity contribution in [1.29, 1.82) is 0 Å². The molecule has 2 aromatic rings. The van der Waals surface area contributed by atoms with Gasteiger partial charge in [-0.15, -0.1) is 0 Å². The van der Waals surface area contributed by atoms with Crippen molar-refractivity contribution in [3.8, 4) is 5.75 Å². The lowest BCUT2D eigenvalue weighted by atomic mass is 10.1. The van der Waals surface area contributed by atoms with Crippen LogP contribution in [0.25, 0.3) is 0 Å². The van der Waals surface area contributed by atoms with Crippen LogP contribution < -0.4 is 10.1 Å². The minimum absolute atomic E-state index is 0.713. The lowest BCUT2D eigenvalue weighted by molar-refractivity contribution is 0.410. The number of hydrogen-bond donors (Lipinski definition) is 1.